The summed E-state index contributed by atoms with van der Waals surface area (Å²) in [6.07, 6.45) is -3.88. The average molecular weight is 284 g/mol. The molecule has 0 aliphatic heterocycles. The van der Waals surface area contributed by atoms with Crippen LogP contribution < -0.4 is 5.32 Å². The number of halogens is 3. The lowest BCUT2D eigenvalue weighted by atomic mass is 10.0. The maximum atomic E-state index is 12.3. The Kier molecular flexibility index (Phi) is 6.64. The van der Waals surface area contributed by atoms with Crippen LogP contribution in [0.15, 0.2) is 0 Å². The molecule has 2 amide bonds. The fraction of sp³-hybridized carbons (Fsp3) is 0.818. The quantitative estimate of drug-likeness (QED) is 0.784. The van der Waals surface area contributed by atoms with Crippen molar-refractivity contribution in [3.63, 3.8) is 0 Å². The summed E-state index contributed by atoms with van der Waals surface area (Å²) in [5, 5.41) is 10.9. The second-order valence-corrected chi connectivity index (χ2v) is 4.49. The number of nitrogens with one attached hydrogen (secondary N) is 1. The van der Waals surface area contributed by atoms with E-state index in [9.17, 15) is 22.8 Å². The minimum atomic E-state index is -4.63. The number of hydrogen-bond donors (Lipinski definition) is 2. The molecule has 0 aliphatic carbocycles. The Labute approximate surface area is 109 Å². The maximum Gasteiger partial charge on any atom is 0.406 e. The van der Waals surface area contributed by atoms with Crippen LogP contribution in [0.3, 0.4) is 0 Å². The SMILES string of the molecule is CCC(C)C(C)NC(=O)N(CC(=O)O)CC(F)(F)F. The van der Waals surface area contributed by atoms with Gasteiger partial charge in [-0.2, -0.15) is 13.2 Å². The molecule has 0 rings (SSSR count). The van der Waals surface area contributed by atoms with Crippen molar-refractivity contribution in [1.29, 1.82) is 0 Å². The lowest BCUT2D eigenvalue weighted by Gasteiger charge is -2.26. The number of urea groups is 1. The summed E-state index contributed by atoms with van der Waals surface area (Å²) in [6.45, 7) is 2.82. The standard InChI is InChI=1S/C11H19F3N2O3/c1-4-7(2)8(3)15-10(19)16(5-9(17)18)6-11(12,13)14/h7-8H,4-6H2,1-3H3,(H,15,19)(H,17,18). The van der Waals surface area contributed by atoms with Crippen molar-refractivity contribution in [3.05, 3.63) is 0 Å². The van der Waals surface area contributed by atoms with Crippen LogP contribution in [0.5, 0.6) is 0 Å². The van der Waals surface area contributed by atoms with E-state index in [2.05, 4.69) is 5.32 Å². The predicted octanol–water partition coefficient (Wildman–Crippen LogP) is 2.08. The smallest absolute Gasteiger partial charge is 0.406 e. The zero-order chi connectivity index (χ0) is 15.2. The molecule has 0 saturated heterocycles. The monoisotopic (exact) mass is 284 g/mol. The molecule has 0 aromatic heterocycles. The summed E-state index contributed by atoms with van der Waals surface area (Å²) >= 11 is 0. The number of carboxylic acids is 1. The Morgan fingerprint density at radius 3 is 2.21 bits per heavy atom. The van der Waals surface area contributed by atoms with Gasteiger partial charge >= 0.3 is 18.2 Å². The molecule has 2 unspecified atom stereocenters. The summed E-state index contributed by atoms with van der Waals surface area (Å²) in [7, 11) is 0. The molecule has 19 heavy (non-hydrogen) atoms. The van der Waals surface area contributed by atoms with E-state index in [0.717, 1.165) is 6.42 Å². The Balaban J connectivity index is 4.67. The van der Waals surface area contributed by atoms with Gasteiger partial charge in [-0.25, -0.2) is 4.79 Å². The van der Waals surface area contributed by atoms with Crippen molar-refractivity contribution in [3.8, 4) is 0 Å². The highest BCUT2D eigenvalue weighted by Crippen LogP contribution is 2.17. The molecule has 0 aliphatic rings. The van der Waals surface area contributed by atoms with E-state index in [1.165, 1.54) is 0 Å². The van der Waals surface area contributed by atoms with E-state index >= 15 is 0 Å². The van der Waals surface area contributed by atoms with Crippen molar-refractivity contribution in [1.82, 2.24) is 10.2 Å². The number of rotatable bonds is 6. The minimum absolute atomic E-state index is 0.0847. The van der Waals surface area contributed by atoms with Crippen molar-refractivity contribution >= 4 is 12.0 Å². The third kappa shape index (κ3) is 7.53. The van der Waals surface area contributed by atoms with E-state index in [1.807, 2.05) is 13.8 Å². The third-order valence-corrected chi connectivity index (χ3v) is 2.83. The van der Waals surface area contributed by atoms with Crippen LogP contribution in [0, 0.1) is 5.92 Å². The molecule has 0 heterocycles. The van der Waals surface area contributed by atoms with Gasteiger partial charge in [0, 0.05) is 6.04 Å². The predicted molar refractivity (Wildman–Crippen MR) is 62.7 cm³/mol. The van der Waals surface area contributed by atoms with Crippen LogP contribution >= 0.6 is 0 Å². The van der Waals surface area contributed by atoms with Gasteiger partial charge in [0.1, 0.15) is 13.1 Å². The first-order chi connectivity index (χ1) is 8.56. The van der Waals surface area contributed by atoms with Gasteiger partial charge in [-0.05, 0) is 12.8 Å². The number of carbonyl (C=O) groups is 2. The molecule has 2 N–H and O–H groups in total. The number of nitrogens with zero attached hydrogens (tertiary/aromatic N) is 1. The van der Waals surface area contributed by atoms with Crippen molar-refractivity contribution in [2.45, 2.75) is 39.4 Å². The number of hydrogen-bond acceptors (Lipinski definition) is 2. The topological polar surface area (TPSA) is 69.6 Å². The number of carboxylic acid groups (broad SMARTS) is 1. The summed E-state index contributed by atoms with van der Waals surface area (Å²) in [5.41, 5.74) is 0. The Morgan fingerprint density at radius 1 is 1.32 bits per heavy atom. The van der Waals surface area contributed by atoms with Gasteiger partial charge in [-0.3, -0.25) is 4.79 Å². The molecule has 0 aromatic rings. The average Bonchev–Trinajstić information content (AvgIpc) is 2.24. The molecular formula is C11H19F3N2O3. The summed E-state index contributed by atoms with van der Waals surface area (Å²) in [6, 6.07) is -1.35. The number of alkyl halides is 3. The number of aliphatic carboxylic acids is 1. The molecule has 8 heteroatoms. The second kappa shape index (κ2) is 7.20. The molecule has 0 aromatic carbocycles. The summed E-state index contributed by atoms with van der Waals surface area (Å²) in [5.74, 6) is -1.41. The van der Waals surface area contributed by atoms with Gasteiger partial charge in [0.2, 0.25) is 0 Å². The van der Waals surface area contributed by atoms with Crippen molar-refractivity contribution in [2.75, 3.05) is 13.1 Å². The van der Waals surface area contributed by atoms with Gasteiger partial charge in [0.05, 0.1) is 0 Å². The lowest BCUT2D eigenvalue weighted by molar-refractivity contribution is -0.149. The van der Waals surface area contributed by atoms with E-state index in [1.54, 1.807) is 6.92 Å². The van der Waals surface area contributed by atoms with E-state index in [0.29, 0.717) is 0 Å². The molecule has 112 valence electrons. The first-order valence-electron chi connectivity index (χ1n) is 5.90. The fourth-order valence-corrected chi connectivity index (χ4v) is 1.36. The first kappa shape index (κ1) is 17.5. The normalized spacial score (nSPS) is 14.6. The van der Waals surface area contributed by atoms with E-state index in [-0.39, 0.29) is 16.9 Å². The van der Waals surface area contributed by atoms with E-state index < -0.39 is 31.3 Å². The number of carbonyl (C=O) groups excluding carboxylic acids is 1. The number of amides is 2. The molecule has 0 radical (unpaired) electrons. The molecule has 0 saturated carbocycles. The van der Waals surface area contributed by atoms with Crippen molar-refractivity contribution in [2.24, 2.45) is 5.92 Å². The summed E-state index contributed by atoms with van der Waals surface area (Å²) < 4.78 is 36.8. The van der Waals surface area contributed by atoms with Crippen LogP contribution in [0.2, 0.25) is 0 Å². The van der Waals surface area contributed by atoms with Gasteiger partial charge in [-0.15, -0.1) is 0 Å². The Bertz CT molecular complexity index is 321. The first-order valence-corrected chi connectivity index (χ1v) is 5.90. The lowest BCUT2D eigenvalue weighted by Crippen LogP contribution is -2.50. The molecule has 0 fully saturated rings. The van der Waals surface area contributed by atoms with Crippen LogP contribution in [0.25, 0.3) is 0 Å². The van der Waals surface area contributed by atoms with Crippen LogP contribution in [-0.4, -0.2) is 47.3 Å². The zero-order valence-corrected chi connectivity index (χ0v) is 11.1. The Morgan fingerprint density at radius 2 is 1.84 bits per heavy atom. The summed E-state index contributed by atoms with van der Waals surface area (Å²) in [4.78, 5) is 22.4. The minimum Gasteiger partial charge on any atom is -0.480 e. The van der Waals surface area contributed by atoms with E-state index in [4.69, 9.17) is 5.11 Å². The zero-order valence-electron chi connectivity index (χ0n) is 11.1. The molecule has 0 bridgehead atoms. The molecule has 5 nitrogen and oxygen atoms in total. The van der Waals surface area contributed by atoms with Gasteiger partial charge in [0.15, 0.2) is 0 Å². The third-order valence-electron chi connectivity index (χ3n) is 2.83. The van der Waals surface area contributed by atoms with Crippen molar-refractivity contribution < 1.29 is 27.9 Å². The highest BCUT2D eigenvalue weighted by molar-refractivity contribution is 5.80. The highest BCUT2D eigenvalue weighted by atomic mass is 19.4. The Hall–Kier alpha value is -1.47. The van der Waals surface area contributed by atoms with Crippen LogP contribution in [0.1, 0.15) is 27.2 Å². The van der Waals surface area contributed by atoms with Gasteiger partial charge in [-0.1, -0.05) is 20.3 Å². The molecule has 0 spiro atoms. The molecule has 2 atom stereocenters. The fourth-order valence-electron chi connectivity index (χ4n) is 1.36. The van der Waals surface area contributed by atoms with Gasteiger partial charge in [0.25, 0.3) is 0 Å². The maximum absolute atomic E-state index is 12.3. The second-order valence-electron chi connectivity index (χ2n) is 4.49. The van der Waals surface area contributed by atoms with Gasteiger partial charge < -0.3 is 15.3 Å². The van der Waals surface area contributed by atoms with Crippen LogP contribution in [0.4, 0.5) is 18.0 Å². The molecular weight excluding hydrogens is 265 g/mol. The largest absolute Gasteiger partial charge is 0.480 e. The highest BCUT2D eigenvalue weighted by Gasteiger charge is 2.34. The van der Waals surface area contributed by atoms with Crippen LogP contribution in [-0.2, 0) is 4.79 Å².